The molecule has 1 aromatic carbocycles. The molecule has 3 nitrogen and oxygen atoms in total. The summed E-state index contributed by atoms with van der Waals surface area (Å²) in [7, 11) is 0. The van der Waals surface area contributed by atoms with Crippen molar-refractivity contribution < 1.29 is 4.74 Å². The van der Waals surface area contributed by atoms with Gasteiger partial charge in [-0.1, -0.05) is 25.7 Å². The molecular formula is C16H24N2O. The van der Waals surface area contributed by atoms with Crippen LogP contribution in [0.5, 0.6) is 5.75 Å². The van der Waals surface area contributed by atoms with Crippen LogP contribution in [0.25, 0.3) is 0 Å². The van der Waals surface area contributed by atoms with Crippen molar-refractivity contribution in [1.82, 2.24) is 4.90 Å². The number of hydrogen-bond donors (Lipinski definition) is 1. The van der Waals surface area contributed by atoms with E-state index in [-0.39, 0.29) is 0 Å². The minimum Gasteiger partial charge on any atom is -0.492 e. The maximum absolute atomic E-state index is 5.73. The van der Waals surface area contributed by atoms with Gasteiger partial charge in [-0.2, -0.15) is 0 Å². The lowest BCUT2D eigenvalue weighted by Gasteiger charge is -2.19. The van der Waals surface area contributed by atoms with E-state index in [0.29, 0.717) is 6.54 Å². The highest BCUT2D eigenvalue weighted by atomic mass is 16.5. The predicted octanol–water partition coefficient (Wildman–Crippen LogP) is 2.11. The molecule has 0 saturated heterocycles. The van der Waals surface area contributed by atoms with Crippen LogP contribution in [0.2, 0.25) is 0 Å². The molecule has 0 amide bonds. The Bertz CT molecular complexity index is 403. The SMILES string of the molecule is CCCN(CC)CCOc1ccc(C#CCN)cc1. The number of likely N-dealkylation sites (N-methyl/N-ethyl adjacent to an activating group) is 1. The lowest BCUT2D eigenvalue weighted by Crippen LogP contribution is -2.28. The second kappa shape index (κ2) is 9.43. The number of ether oxygens (including phenoxy) is 1. The van der Waals surface area contributed by atoms with Crippen molar-refractivity contribution in [3.63, 3.8) is 0 Å². The van der Waals surface area contributed by atoms with Gasteiger partial charge in [0.15, 0.2) is 0 Å². The maximum Gasteiger partial charge on any atom is 0.119 e. The first-order chi connectivity index (χ1) is 9.30. The molecule has 0 spiro atoms. The lowest BCUT2D eigenvalue weighted by atomic mass is 10.2. The standard InChI is InChI=1S/C16H24N2O/c1-3-12-18(4-2)13-14-19-16-9-7-15(8-10-16)6-5-11-17/h7-10H,3-4,11-14,17H2,1-2H3. The van der Waals surface area contributed by atoms with E-state index < -0.39 is 0 Å². The van der Waals surface area contributed by atoms with Crippen LogP contribution in [0.15, 0.2) is 24.3 Å². The normalized spacial score (nSPS) is 10.1. The first-order valence-electron chi connectivity index (χ1n) is 6.94. The Labute approximate surface area is 116 Å². The summed E-state index contributed by atoms with van der Waals surface area (Å²) in [5, 5.41) is 0. The molecule has 1 rings (SSSR count). The minimum absolute atomic E-state index is 0.391. The van der Waals surface area contributed by atoms with E-state index in [4.69, 9.17) is 10.5 Å². The Hall–Kier alpha value is -1.50. The fraction of sp³-hybridized carbons (Fsp3) is 0.500. The van der Waals surface area contributed by atoms with Gasteiger partial charge in [-0.05, 0) is 43.8 Å². The van der Waals surface area contributed by atoms with Crippen LogP contribution in [0.4, 0.5) is 0 Å². The molecule has 3 heteroatoms. The van der Waals surface area contributed by atoms with Crippen molar-refractivity contribution in [2.24, 2.45) is 5.73 Å². The number of benzene rings is 1. The van der Waals surface area contributed by atoms with Crippen LogP contribution in [0.3, 0.4) is 0 Å². The zero-order valence-corrected chi connectivity index (χ0v) is 12.0. The van der Waals surface area contributed by atoms with Gasteiger partial charge in [0.25, 0.3) is 0 Å². The monoisotopic (exact) mass is 260 g/mol. The largest absolute Gasteiger partial charge is 0.492 e. The van der Waals surface area contributed by atoms with Crippen LogP contribution in [0, 0.1) is 11.8 Å². The number of nitrogens with two attached hydrogens (primary N) is 1. The Kier molecular flexibility index (Phi) is 7.72. The molecule has 19 heavy (non-hydrogen) atoms. The molecule has 0 aliphatic carbocycles. The van der Waals surface area contributed by atoms with E-state index in [1.54, 1.807) is 0 Å². The topological polar surface area (TPSA) is 38.5 Å². The van der Waals surface area contributed by atoms with Gasteiger partial charge in [0.05, 0.1) is 6.54 Å². The van der Waals surface area contributed by atoms with Gasteiger partial charge in [0.1, 0.15) is 12.4 Å². The van der Waals surface area contributed by atoms with Crippen LogP contribution in [0.1, 0.15) is 25.8 Å². The summed E-state index contributed by atoms with van der Waals surface area (Å²) in [5.74, 6) is 6.72. The fourth-order valence-electron chi connectivity index (χ4n) is 1.82. The molecule has 1 aromatic rings. The minimum atomic E-state index is 0.391. The number of hydrogen-bond acceptors (Lipinski definition) is 3. The first-order valence-corrected chi connectivity index (χ1v) is 6.94. The summed E-state index contributed by atoms with van der Waals surface area (Å²) in [4.78, 5) is 2.39. The number of nitrogens with zero attached hydrogens (tertiary/aromatic N) is 1. The molecule has 0 fully saturated rings. The van der Waals surface area contributed by atoms with Crippen LogP contribution < -0.4 is 10.5 Å². The zero-order chi connectivity index (χ0) is 13.9. The van der Waals surface area contributed by atoms with Crippen molar-refractivity contribution in [3.05, 3.63) is 29.8 Å². The van der Waals surface area contributed by atoms with Crippen LogP contribution >= 0.6 is 0 Å². The maximum atomic E-state index is 5.73. The summed E-state index contributed by atoms with van der Waals surface area (Å²) in [5.41, 5.74) is 6.31. The van der Waals surface area contributed by atoms with Gasteiger partial charge in [-0.25, -0.2) is 0 Å². The van der Waals surface area contributed by atoms with E-state index in [9.17, 15) is 0 Å². The van der Waals surface area contributed by atoms with Gasteiger partial charge < -0.3 is 15.4 Å². The van der Waals surface area contributed by atoms with Crippen molar-refractivity contribution in [3.8, 4) is 17.6 Å². The van der Waals surface area contributed by atoms with E-state index in [0.717, 1.165) is 37.6 Å². The van der Waals surface area contributed by atoms with E-state index in [1.165, 1.54) is 6.42 Å². The van der Waals surface area contributed by atoms with Gasteiger partial charge in [-0.15, -0.1) is 0 Å². The molecular weight excluding hydrogens is 236 g/mol. The molecule has 0 atom stereocenters. The Morgan fingerprint density at radius 2 is 1.89 bits per heavy atom. The molecule has 104 valence electrons. The second-order valence-electron chi connectivity index (χ2n) is 4.31. The summed E-state index contributed by atoms with van der Waals surface area (Å²) < 4.78 is 5.73. The molecule has 2 N–H and O–H groups in total. The molecule has 0 aliphatic rings. The molecule has 0 unspecified atom stereocenters. The third-order valence-electron chi connectivity index (χ3n) is 2.85. The van der Waals surface area contributed by atoms with Gasteiger partial charge in [0.2, 0.25) is 0 Å². The smallest absolute Gasteiger partial charge is 0.119 e. The highest BCUT2D eigenvalue weighted by Gasteiger charge is 2.01. The third-order valence-corrected chi connectivity index (χ3v) is 2.85. The van der Waals surface area contributed by atoms with Crippen molar-refractivity contribution in [2.45, 2.75) is 20.3 Å². The van der Waals surface area contributed by atoms with Crippen molar-refractivity contribution in [1.29, 1.82) is 0 Å². The van der Waals surface area contributed by atoms with Gasteiger partial charge >= 0.3 is 0 Å². The van der Waals surface area contributed by atoms with Crippen molar-refractivity contribution in [2.75, 3.05) is 32.8 Å². The van der Waals surface area contributed by atoms with Crippen LogP contribution in [-0.4, -0.2) is 37.7 Å². The highest BCUT2D eigenvalue weighted by Crippen LogP contribution is 2.11. The second-order valence-corrected chi connectivity index (χ2v) is 4.31. The molecule has 0 radical (unpaired) electrons. The van der Waals surface area contributed by atoms with Gasteiger partial charge in [0, 0.05) is 12.1 Å². The zero-order valence-electron chi connectivity index (χ0n) is 12.0. The summed E-state index contributed by atoms with van der Waals surface area (Å²) >= 11 is 0. The van der Waals surface area contributed by atoms with Crippen molar-refractivity contribution >= 4 is 0 Å². The Balaban J connectivity index is 2.37. The first kappa shape index (κ1) is 15.6. The average Bonchev–Trinajstić information content (AvgIpc) is 2.45. The molecule has 0 aliphatic heterocycles. The molecule has 0 saturated carbocycles. The summed E-state index contributed by atoms with van der Waals surface area (Å²) in [6.45, 7) is 8.67. The van der Waals surface area contributed by atoms with E-state index >= 15 is 0 Å². The number of rotatable bonds is 7. The molecule has 0 aromatic heterocycles. The molecule has 0 bridgehead atoms. The average molecular weight is 260 g/mol. The lowest BCUT2D eigenvalue weighted by molar-refractivity contribution is 0.216. The van der Waals surface area contributed by atoms with Gasteiger partial charge in [-0.3, -0.25) is 0 Å². The molecule has 0 heterocycles. The fourth-order valence-corrected chi connectivity index (χ4v) is 1.82. The van der Waals surface area contributed by atoms with Crippen LogP contribution in [-0.2, 0) is 0 Å². The van der Waals surface area contributed by atoms with E-state index in [1.807, 2.05) is 24.3 Å². The van der Waals surface area contributed by atoms with E-state index in [2.05, 4.69) is 30.6 Å². The highest BCUT2D eigenvalue weighted by molar-refractivity contribution is 5.38. The Morgan fingerprint density at radius 3 is 2.47 bits per heavy atom. The Morgan fingerprint density at radius 1 is 1.16 bits per heavy atom. The summed E-state index contributed by atoms with van der Waals surface area (Å²) in [6, 6.07) is 7.83. The summed E-state index contributed by atoms with van der Waals surface area (Å²) in [6.07, 6.45) is 1.18. The quantitative estimate of drug-likeness (QED) is 0.763. The predicted molar refractivity (Wildman–Crippen MR) is 80.3 cm³/mol. The third kappa shape index (κ3) is 6.28.